The summed E-state index contributed by atoms with van der Waals surface area (Å²) in [7, 11) is 0. The van der Waals surface area contributed by atoms with E-state index in [0.717, 1.165) is 25.8 Å². The highest BCUT2D eigenvalue weighted by molar-refractivity contribution is 5.73. The summed E-state index contributed by atoms with van der Waals surface area (Å²) in [5.41, 5.74) is 0. The largest absolute Gasteiger partial charge is 0.480 e. The van der Waals surface area contributed by atoms with Crippen LogP contribution in [0.4, 0.5) is 0 Å². The molecule has 0 aromatic heterocycles. The highest BCUT2D eigenvalue weighted by atomic mass is 16.4. The summed E-state index contributed by atoms with van der Waals surface area (Å²) in [6.45, 7) is 3.01. The third-order valence-electron chi connectivity index (χ3n) is 2.39. The van der Waals surface area contributed by atoms with E-state index in [4.69, 9.17) is 5.11 Å². The molecule has 2 N–H and O–H groups in total. The standard InChI is InChI=1S/C8H15NO2/c1-2-6-3-4-7(8(10)11)9-5-6/h6-7,9H,2-5H2,1H3,(H,10,11)/t6-,7+/m0/s1. The number of carboxylic acids is 1. The quantitative estimate of drug-likeness (QED) is 0.624. The first-order valence-electron chi connectivity index (χ1n) is 4.20. The minimum absolute atomic E-state index is 0.294. The Bertz CT molecular complexity index is 139. The van der Waals surface area contributed by atoms with E-state index in [1.165, 1.54) is 0 Å². The van der Waals surface area contributed by atoms with Gasteiger partial charge in [0.2, 0.25) is 0 Å². The van der Waals surface area contributed by atoms with Gasteiger partial charge in [-0.15, -0.1) is 0 Å². The third kappa shape index (κ3) is 2.19. The Balaban J connectivity index is 2.30. The molecule has 3 heteroatoms. The van der Waals surface area contributed by atoms with Crippen molar-refractivity contribution >= 4 is 5.97 Å². The van der Waals surface area contributed by atoms with Gasteiger partial charge in [0.05, 0.1) is 0 Å². The lowest BCUT2D eigenvalue weighted by atomic mass is 9.93. The van der Waals surface area contributed by atoms with Crippen molar-refractivity contribution in [3.05, 3.63) is 0 Å². The first kappa shape index (κ1) is 8.53. The SMILES string of the molecule is CC[C@H]1CC[C@H](C(=O)O)NC1. The molecule has 0 aromatic carbocycles. The number of carboxylic acid groups (broad SMARTS) is 1. The van der Waals surface area contributed by atoms with Gasteiger partial charge in [0, 0.05) is 0 Å². The molecule has 11 heavy (non-hydrogen) atoms. The molecular weight excluding hydrogens is 142 g/mol. The molecule has 0 aromatic rings. The van der Waals surface area contributed by atoms with E-state index < -0.39 is 5.97 Å². The molecule has 0 unspecified atom stereocenters. The summed E-state index contributed by atoms with van der Waals surface area (Å²) in [4.78, 5) is 10.5. The monoisotopic (exact) mass is 157 g/mol. The Labute approximate surface area is 66.8 Å². The van der Waals surface area contributed by atoms with Gasteiger partial charge in [-0.1, -0.05) is 13.3 Å². The molecule has 2 atom stereocenters. The zero-order valence-corrected chi connectivity index (χ0v) is 6.84. The molecule has 0 aliphatic carbocycles. The minimum atomic E-state index is -0.709. The van der Waals surface area contributed by atoms with Crippen molar-refractivity contribution in [1.82, 2.24) is 5.32 Å². The van der Waals surface area contributed by atoms with Crippen LogP contribution in [0.15, 0.2) is 0 Å². The summed E-state index contributed by atoms with van der Waals surface area (Å²) in [6.07, 6.45) is 2.99. The van der Waals surface area contributed by atoms with Gasteiger partial charge in [-0.05, 0) is 25.3 Å². The Morgan fingerprint density at radius 1 is 1.64 bits per heavy atom. The predicted octanol–water partition coefficient (Wildman–Crippen LogP) is 0.849. The van der Waals surface area contributed by atoms with Crippen molar-refractivity contribution in [2.45, 2.75) is 32.2 Å². The van der Waals surface area contributed by atoms with Gasteiger partial charge in [-0.2, -0.15) is 0 Å². The van der Waals surface area contributed by atoms with E-state index in [2.05, 4.69) is 12.2 Å². The predicted molar refractivity (Wildman–Crippen MR) is 42.4 cm³/mol. The lowest BCUT2D eigenvalue weighted by Crippen LogP contribution is -2.43. The molecule has 1 rings (SSSR count). The van der Waals surface area contributed by atoms with E-state index in [1.54, 1.807) is 0 Å². The highest BCUT2D eigenvalue weighted by Gasteiger charge is 2.23. The number of hydrogen-bond acceptors (Lipinski definition) is 2. The molecule has 0 spiro atoms. The van der Waals surface area contributed by atoms with Gasteiger partial charge in [0.25, 0.3) is 0 Å². The van der Waals surface area contributed by atoms with Crippen LogP contribution in [0.25, 0.3) is 0 Å². The van der Waals surface area contributed by atoms with Crippen LogP contribution in [0.2, 0.25) is 0 Å². The summed E-state index contributed by atoms with van der Waals surface area (Å²) >= 11 is 0. The fourth-order valence-corrected chi connectivity index (χ4v) is 1.47. The molecule has 0 radical (unpaired) electrons. The summed E-state index contributed by atoms with van der Waals surface area (Å²) in [5, 5.41) is 11.7. The van der Waals surface area contributed by atoms with Crippen molar-refractivity contribution in [3.63, 3.8) is 0 Å². The fourth-order valence-electron chi connectivity index (χ4n) is 1.47. The number of hydrogen-bond donors (Lipinski definition) is 2. The average Bonchev–Trinajstić information content (AvgIpc) is 2.05. The second-order valence-corrected chi connectivity index (χ2v) is 3.15. The molecular formula is C8H15NO2. The molecule has 0 saturated carbocycles. The van der Waals surface area contributed by atoms with Gasteiger partial charge in [0.1, 0.15) is 6.04 Å². The van der Waals surface area contributed by atoms with Crippen molar-refractivity contribution < 1.29 is 9.90 Å². The molecule has 1 fully saturated rings. The van der Waals surface area contributed by atoms with Crippen LogP contribution in [-0.2, 0) is 4.79 Å². The van der Waals surface area contributed by atoms with Gasteiger partial charge in [0.15, 0.2) is 0 Å². The maximum absolute atomic E-state index is 10.5. The van der Waals surface area contributed by atoms with Crippen molar-refractivity contribution in [2.75, 3.05) is 6.54 Å². The maximum Gasteiger partial charge on any atom is 0.320 e. The second-order valence-electron chi connectivity index (χ2n) is 3.15. The zero-order valence-electron chi connectivity index (χ0n) is 6.84. The Morgan fingerprint density at radius 2 is 2.36 bits per heavy atom. The molecule has 1 heterocycles. The molecule has 0 bridgehead atoms. The van der Waals surface area contributed by atoms with Gasteiger partial charge in [-0.3, -0.25) is 4.79 Å². The number of carbonyl (C=O) groups is 1. The second kappa shape index (κ2) is 3.72. The van der Waals surface area contributed by atoms with E-state index in [-0.39, 0.29) is 6.04 Å². The van der Waals surface area contributed by atoms with Crippen LogP contribution in [0, 0.1) is 5.92 Å². The smallest absolute Gasteiger partial charge is 0.320 e. The van der Waals surface area contributed by atoms with Crippen molar-refractivity contribution in [1.29, 1.82) is 0 Å². The van der Waals surface area contributed by atoms with Crippen LogP contribution in [0.5, 0.6) is 0 Å². The number of rotatable bonds is 2. The topological polar surface area (TPSA) is 49.3 Å². The van der Waals surface area contributed by atoms with Gasteiger partial charge >= 0.3 is 5.97 Å². The first-order valence-corrected chi connectivity index (χ1v) is 4.20. The fraction of sp³-hybridized carbons (Fsp3) is 0.875. The molecule has 64 valence electrons. The average molecular weight is 157 g/mol. The van der Waals surface area contributed by atoms with Crippen LogP contribution in [0.3, 0.4) is 0 Å². The number of aliphatic carboxylic acids is 1. The number of piperidine rings is 1. The summed E-state index contributed by atoms with van der Waals surface area (Å²) in [5.74, 6) is -0.0230. The Morgan fingerprint density at radius 3 is 2.73 bits per heavy atom. The molecule has 1 saturated heterocycles. The normalized spacial score (nSPS) is 31.7. The third-order valence-corrected chi connectivity index (χ3v) is 2.39. The summed E-state index contributed by atoms with van der Waals surface area (Å²) in [6, 6.07) is -0.294. The van der Waals surface area contributed by atoms with Gasteiger partial charge < -0.3 is 10.4 Å². The van der Waals surface area contributed by atoms with E-state index in [0.29, 0.717) is 5.92 Å². The van der Waals surface area contributed by atoms with Crippen LogP contribution in [-0.4, -0.2) is 23.7 Å². The minimum Gasteiger partial charge on any atom is -0.480 e. The lowest BCUT2D eigenvalue weighted by molar-refractivity contribution is -0.140. The number of nitrogens with one attached hydrogen (secondary N) is 1. The van der Waals surface area contributed by atoms with Crippen LogP contribution < -0.4 is 5.32 Å². The van der Waals surface area contributed by atoms with Gasteiger partial charge in [-0.25, -0.2) is 0 Å². The first-order chi connectivity index (χ1) is 5.24. The van der Waals surface area contributed by atoms with E-state index in [1.807, 2.05) is 0 Å². The molecule has 1 aliphatic rings. The molecule has 3 nitrogen and oxygen atoms in total. The van der Waals surface area contributed by atoms with Crippen LogP contribution >= 0.6 is 0 Å². The zero-order chi connectivity index (χ0) is 8.27. The Kier molecular flexibility index (Phi) is 2.88. The molecule has 0 amide bonds. The Hall–Kier alpha value is -0.570. The van der Waals surface area contributed by atoms with Crippen molar-refractivity contribution in [3.8, 4) is 0 Å². The van der Waals surface area contributed by atoms with E-state index in [9.17, 15) is 4.79 Å². The van der Waals surface area contributed by atoms with E-state index >= 15 is 0 Å². The molecule has 1 aliphatic heterocycles. The van der Waals surface area contributed by atoms with Crippen LogP contribution in [0.1, 0.15) is 26.2 Å². The summed E-state index contributed by atoms with van der Waals surface area (Å²) < 4.78 is 0. The maximum atomic E-state index is 10.5. The van der Waals surface area contributed by atoms with Crippen molar-refractivity contribution in [2.24, 2.45) is 5.92 Å². The lowest BCUT2D eigenvalue weighted by Gasteiger charge is -2.26. The highest BCUT2D eigenvalue weighted by Crippen LogP contribution is 2.16.